The largest absolute Gasteiger partial charge is 0.463 e. The maximum Gasteiger partial charge on any atom is 0.279 e. The zero-order chi connectivity index (χ0) is 18.4. The first-order chi connectivity index (χ1) is 12.6. The fraction of sp³-hybridized carbons (Fsp3) is 0.190. The van der Waals surface area contributed by atoms with Gasteiger partial charge in [-0.25, -0.2) is 0 Å². The summed E-state index contributed by atoms with van der Waals surface area (Å²) in [6.45, 7) is 4.36. The number of nitrogens with two attached hydrogens (primary N) is 1. The number of ether oxygens (including phenoxy) is 1. The standard InChI is InChI=1S/C21H22N2O3/c1-15-5-9-18(10-6-15)26-19-11-7-17(8-12-19)23-21(24)14-22-16(2)20-4-3-13-25-20/h3-13,16,22H,14H2,1-2H3,(H,23,24)/p+1/t16-/m1/s1. The maximum absolute atomic E-state index is 12.1. The molecule has 0 saturated heterocycles. The van der Waals surface area contributed by atoms with Crippen LogP contribution < -0.4 is 15.4 Å². The van der Waals surface area contributed by atoms with Crippen LogP contribution in [0.4, 0.5) is 5.69 Å². The van der Waals surface area contributed by atoms with Crippen LogP contribution in [0.3, 0.4) is 0 Å². The second-order valence-electron chi connectivity index (χ2n) is 6.23. The van der Waals surface area contributed by atoms with Crippen molar-refractivity contribution in [3.63, 3.8) is 0 Å². The van der Waals surface area contributed by atoms with Gasteiger partial charge < -0.3 is 19.8 Å². The van der Waals surface area contributed by atoms with Gasteiger partial charge in [-0.05, 0) is 62.4 Å². The van der Waals surface area contributed by atoms with Crippen LogP contribution >= 0.6 is 0 Å². The average molecular weight is 351 g/mol. The molecule has 1 aromatic heterocycles. The lowest BCUT2D eigenvalue weighted by atomic mass is 10.2. The van der Waals surface area contributed by atoms with Crippen LogP contribution in [0.15, 0.2) is 71.3 Å². The second-order valence-corrected chi connectivity index (χ2v) is 6.23. The zero-order valence-electron chi connectivity index (χ0n) is 14.9. The SMILES string of the molecule is Cc1ccc(Oc2ccc(NC(=O)C[NH2+][C@H](C)c3ccco3)cc2)cc1. The number of carbonyl (C=O) groups is 1. The maximum atomic E-state index is 12.1. The summed E-state index contributed by atoms with van der Waals surface area (Å²) >= 11 is 0. The molecule has 5 nitrogen and oxygen atoms in total. The molecule has 3 rings (SSSR count). The van der Waals surface area contributed by atoms with E-state index in [1.54, 1.807) is 6.26 Å². The molecule has 134 valence electrons. The Hall–Kier alpha value is -3.05. The van der Waals surface area contributed by atoms with Crippen LogP contribution in [0.25, 0.3) is 0 Å². The molecular weight excluding hydrogens is 328 g/mol. The van der Waals surface area contributed by atoms with Crippen molar-refractivity contribution in [3.8, 4) is 11.5 Å². The van der Waals surface area contributed by atoms with Gasteiger partial charge in [-0.15, -0.1) is 0 Å². The molecule has 5 heteroatoms. The normalized spacial score (nSPS) is 11.8. The smallest absolute Gasteiger partial charge is 0.279 e. The Morgan fingerprint density at radius 2 is 1.73 bits per heavy atom. The van der Waals surface area contributed by atoms with E-state index < -0.39 is 0 Å². The number of furan rings is 1. The third-order valence-corrected chi connectivity index (χ3v) is 4.04. The number of hydrogen-bond acceptors (Lipinski definition) is 3. The topological polar surface area (TPSA) is 68.1 Å². The quantitative estimate of drug-likeness (QED) is 0.683. The third kappa shape index (κ3) is 4.97. The highest BCUT2D eigenvalue weighted by Gasteiger charge is 2.13. The Balaban J connectivity index is 1.49. The van der Waals surface area contributed by atoms with E-state index in [1.807, 2.05) is 79.8 Å². The van der Waals surface area contributed by atoms with Crippen molar-refractivity contribution in [2.24, 2.45) is 0 Å². The van der Waals surface area contributed by atoms with Crippen LogP contribution in [0.1, 0.15) is 24.3 Å². The minimum atomic E-state index is -0.0596. The van der Waals surface area contributed by atoms with Crippen molar-refractivity contribution in [1.29, 1.82) is 0 Å². The van der Waals surface area contributed by atoms with E-state index in [9.17, 15) is 4.79 Å². The van der Waals surface area contributed by atoms with E-state index in [0.29, 0.717) is 6.54 Å². The predicted octanol–water partition coefficient (Wildman–Crippen LogP) is 3.64. The van der Waals surface area contributed by atoms with Gasteiger partial charge in [-0.1, -0.05) is 17.7 Å². The summed E-state index contributed by atoms with van der Waals surface area (Å²) in [6.07, 6.45) is 1.64. The van der Waals surface area contributed by atoms with Crippen LogP contribution in [-0.4, -0.2) is 12.5 Å². The van der Waals surface area contributed by atoms with E-state index in [0.717, 1.165) is 22.9 Å². The molecule has 1 amide bonds. The lowest BCUT2D eigenvalue weighted by Crippen LogP contribution is -2.86. The van der Waals surface area contributed by atoms with Crippen molar-refractivity contribution in [2.45, 2.75) is 19.9 Å². The van der Waals surface area contributed by atoms with Gasteiger partial charge in [0.05, 0.1) is 6.26 Å². The second kappa shape index (κ2) is 8.36. The van der Waals surface area contributed by atoms with Crippen LogP contribution in [0.5, 0.6) is 11.5 Å². The molecule has 0 aliphatic carbocycles. The molecule has 0 saturated carbocycles. The number of rotatable bonds is 7. The highest BCUT2D eigenvalue weighted by molar-refractivity contribution is 5.91. The van der Waals surface area contributed by atoms with Crippen molar-refractivity contribution >= 4 is 11.6 Å². The van der Waals surface area contributed by atoms with Gasteiger partial charge in [0.25, 0.3) is 5.91 Å². The average Bonchev–Trinajstić information content (AvgIpc) is 3.18. The molecule has 0 aliphatic heterocycles. The van der Waals surface area contributed by atoms with Crippen molar-refractivity contribution in [2.75, 3.05) is 11.9 Å². The molecule has 0 spiro atoms. The number of anilines is 1. The lowest BCUT2D eigenvalue weighted by molar-refractivity contribution is -0.684. The first-order valence-corrected chi connectivity index (χ1v) is 8.61. The summed E-state index contributed by atoms with van der Waals surface area (Å²) in [7, 11) is 0. The van der Waals surface area contributed by atoms with Crippen molar-refractivity contribution in [3.05, 3.63) is 78.3 Å². The molecular formula is C21H23N2O3+. The minimum Gasteiger partial charge on any atom is -0.463 e. The molecule has 3 aromatic rings. The number of carbonyl (C=O) groups excluding carboxylic acids is 1. The Morgan fingerprint density at radius 1 is 1.08 bits per heavy atom. The molecule has 1 atom stereocenters. The first-order valence-electron chi connectivity index (χ1n) is 8.61. The van der Waals surface area contributed by atoms with Crippen LogP contribution in [-0.2, 0) is 4.79 Å². The van der Waals surface area contributed by atoms with Crippen molar-refractivity contribution < 1.29 is 19.3 Å². The minimum absolute atomic E-state index is 0.0596. The summed E-state index contributed by atoms with van der Waals surface area (Å²) in [4.78, 5) is 12.1. The van der Waals surface area contributed by atoms with Gasteiger partial charge >= 0.3 is 0 Å². The molecule has 0 bridgehead atoms. The fourth-order valence-corrected chi connectivity index (χ4v) is 2.51. The molecule has 0 aliphatic rings. The van der Waals surface area contributed by atoms with Crippen LogP contribution in [0.2, 0.25) is 0 Å². The Labute approximate surface area is 153 Å². The first kappa shape index (κ1) is 17.8. The highest BCUT2D eigenvalue weighted by Crippen LogP contribution is 2.23. The number of quaternary nitrogens is 1. The van der Waals surface area contributed by atoms with E-state index in [4.69, 9.17) is 9.15 Å². The molecule has 3 N–H and O–H groups in total. The van der Waals surface area contributed by atoms with Crippen molar-refractivity contribution in [1.82, 2.24) is 0 Å². The Bertz CT molecular complexity index is 825. The van der Waals surface area contributed by atoms with E-state index in [1.165, 1.54) is 5.56 Å². The molecule has 26 heavy (non-hydrogen) atoms. The van der Waals surface area contributed by atoms with Gasteiger partial charge in [0.1, 0.15) is 17.5 Å². The monoisotopic (exact) mass is 351 g/mol. The summed E-state index contributed by atoms with van der Waals surface area (Å²) in [5.41, 5.74) is 1.93. The summed E-state index contributed by atoms with van der Waals surface area (Å²) in [5, 5.41) is 4.82. The lowest BCUT2D eigenvalue weighted by Gasteiger charge is -2.10. The zero-order valence-corrected chi connectivity index (χ0v) is 14.9. The number of aryl methyl sites for hydroxylation is 1. The number of hydrogen-bond donors (Lipinski definition) is 2. The molecule has 1 heterocycles. The van der Waals surface area contributed by atoms with Gasteiger partial charge in [0.2, 0.25) is 0 Å². The van der Waals surface area contributed by atoms with Gasteiger partial charge in [-0.2, -0.15) is 0 Å². The Kier molecular flexibility index (Phi) is 5.71. The molecule has 0 unspecified atom stereocenters. The van der Waals surface area contributed by atoms with Gasteiger partial charge in [0.15, 0.2) is 12.3 Å². The number of nitrogens with one attached hydrogen (secondary N) is 1. The molecule has 0 fully saturated rings. The van der Waals surface area contributed by atoms with Gasteiger partial charge in [-0.3, -0.25) is 4.79 Å². The fourth-order valence-electron chi connectivity index (χ4n) is 2.51. The summed E-state index contributed by atoms with van der Waals surface area (Å²) in [6, 6.07) is 19.1. The summed E-state index contributed by atoms with van der Waals surface area (Å²) in [5.74, 6) is 2.31. The van der Waals surface area contributed by atoms with Gasteiger partial charge in [0, 0.05) is 5.69 Å². The highest BCUT2D eigenvalue weighted by atomic mass is 16.5. The third-order valence-electron chi connectivity index (χ3n) is 4.04. The molecule has 2 aromatic carbocycles. The van der Waals surface area contributed by atoms with Crippen LogP contribution in [0, 0.1) is 6.92 Å². The number of amides is 1. The number of benzene rings is 2. The molecule has 0 radical (unpaired) electrons. The van der Waals surface area contributed by atoms with E-state index >= 15 is 0 Å². The van der Waals surface area contributed by atoms with E-state index in [-0.39, 0.29) is 11.9 Å². The Morgan fingerprint density at radius 3 is 2.35 bits per heavy atom. The summed E-state index contributed by atoms with van der Waals surface area (Å²) < 4.78 is 11.1. The predicted molar refractivity (Wildman–Crippen MR) is 100 cm³/mol. The van der Waals surface area contributed by atoms with E-state index in [2.05, 4.69) is 5.32 Å².